The van der Waals surface area contributed by atoms with E-state index in [0.717, 1.165) is 18.6 Å². The molecule has 0 bridgehead atoms. The van der Waals surface area contributed by atoms with Crippen LogP contribution in [0.2, 0.25) is 0 Å². The zero-order chi connectivity index (χ0) is 12.3. The van der Waals surface area contributed by atoms with E-state index in [2.05, 4.69) is 0 Å². The fourth-order valence-electron chi connectivity index (χ4n) is 2.00. The van der Waals surface area contributed by atoms with Crippen LogP contribution in [0.1, 0.15) is 24.2 Å². The van der Waals surface area contributed by atoms with Crippen molar-refractivity contribution < 1.29 is 9.53 Å². The van der Waals surface area contributed by atoms with Gasteiger partial charge in [0.2, 0.25) is 5.91 Å². The van der Waals surface area contributed by atoms with Gasteiger partial charge in [0.15, 0.2) is 0 Å². The van der Waals surface area contributed by atoms with Crippen molar-refractivity contribution in [2.24, 2.45) is 5.73 Å². The molecule has 0 radical (unpaired) electrons. The smallest absolute Gasteiger partial charge is 0.235 e. The van der Waals surface area contributed by atoms with Crippen LogP contribution >= 0.6 is 11.8 Å². The molecule has 1 fully saturated rings. The Balaban J connectivity index is 2.11. The third kappa shape index (κ3) is 3.01. The van der Waals surface area contributed by atoms with Crippen LogP contribution < -0.4 is 5.73 Å². The molecule has 0 unspecified atom stereocenters. The van der Waals surface area contributed by atoms with Gasteiger partial charge in [-0.1, -0.05) is 30.3 Å². The molecule has 0 aliphatic carbocycles. The van der Waals surface area contributed by atoms with Gasteiger partial charge in [0.1, 0.15) is 5.25 Å². The minimum Gasteiger partial charge on any atom is -0.377 e. The Kier molecular flexibility index (Phi) is 4.07. The molecule has 1 aliphatic rings. The first-order chi connectivity index (χ1) is 8.18. The van der Waals surface area contributed by atoms with Crippen molar-refractivity contribution in [3.05, 3.63) is 35.9 Å². The molecule has 3 atom stereocenters. The zero-order valence-electron chi connectivity index (χ0n) is 9.84. The number of carbonyl (C=O) groups is 1. The third-order valence-electron chi connectivity index (χ3n) is 2.98. The first-order valence-electron chi connectivity index (χ1n) is 5.80. The van der Waals surface area contributed by atoms with E-state index in [1.165, 1.54) is 0 Å². The fraction of sp³-hybridized carbons (Fsp3) is 0.462. The molecular weight excluding hydrogens is 234 g/mol. The monoisotopic (exact) mass is 251 g/mol. The number of hydrogen-bond acceptors (Lipinski definition) is 3. The highest BCUT2D eigenvalue weighted by atomic mass is 32.2. The van der Waals surface area contributed by atoms with Crippen LogP contribution in [0.25, 0.3) is 0 Å². The van der Waals surface area contributed by atoms with E-state index in [-0.39, 0.29) is 17.3 Å². The lowest BCUT2D eigenvalue weighted by Gasteiger charge is -2.20. The van der Waals surface area contributed by atoms with E-state index in [1.54, 1.807) is 11.8 Å². The van der Waals surface area contributed by atoms with Crippen LogP contribution in [0.15, 0.2) is 30.3 Å². The first-order valence-corrected chi connectivity index (χ1v) is 6.74. The predicted molar refractivity (Wildman–Crippen MR) is 69.8 cm³/mol. The second-order valence-corrected chi connectivity index (χ2v) is 5.58. The fourth-order valence-corrected chi connectivity index (χ4v) is 3.33. The van der Waals surface area contributed by atoms with E-state index < -0.39 is 0 Å². The first kappa shape index (κ1) is 12.5. The van der Waals surface area contributed by atoms with Gasteiger partial charge < -0.3 is 10.5 Å². The summed E-state index contributed by atoms with van der Waals surface area (Å²) in [6.45, 7) is 2.83. The average molecular weight is 251 g/mol. The number of benzene rings is 1. The quantitative estimate of drug-likeness (QED) is 0.891. The summed E-state index contributed by atoms with van der Waals surface area (Å²) < 4.78 is 5.51. The summed E-state index contributed by atoms with van der Waals surface area (Å²) in [7, 11) is 0. The number of ether oxygens (including phenoxy) is 1. The standard InChI is InChI=1S/C13H17NO2S/c1-9-11(7-8-16-9)17-12(13(14)15)10-5-3-2-4-6-10/h2-6,9,11-12H,7-8H2,1H3,(H2,14,15)/t9-,11+,12-/m0/s1. The molecule has 1 heterocycles. The van der Waals surface area contributed by atoms with Gasteiger partial charge >= 0.3 is 0 Å². The van der Waals surface area contributed by atoms with E-state index in [4.69, 9.17) is 10.5 Å². The molecule has 3 nitrogen and oxygen atoms in total. The average Bonchev–Trinajstić information content (AvgIpc) is 2.72. The van der Waals surface area contributed by atoms with Crippen LogP contribution in [-0.4, -0.2) is 23.9 Å². The van der Waals surface area contributed by atoms with Crippen molar-refractivity contribution >= 4 is 17.7 Å². The highest BCUT2D eigenvalue weighted by molar-refractivity contribution is 8.00. The van der Waals surface area contributed by atoms with Gasteiger partial charge in [-0.2, -0.15) is 0 Å². The summed E-state index contributed by atoms with van der Waals surface area (Å²) in [6.07, 6.45) is 1.19. The van der Waals surface area contributed by atoms with Gasteiger partial charge in [-0.05, 0) is 18.9 Å². The van der Waals surface area contributed by atoms with E-state index in [9.17, 15) is 4.79 Å². The molecule has 2 rings (SSSR count). The van der Waals surface area contributed by atoms with Crippen LogP contribution in [-0.2, 0) is 9.53 Å². The van der Waals surface area contributed by atoms with E-state index in [1.807, 2.05) is 37.3 Å². The SMILES string of the molecule is C[C@@H]1OCC[C@H]1S[C@H](C(N)=O)c1ccccc1. The van der Waals surface area contributed by atoms with Gasteiger partial charge in [-0.25, -0.2) is 0 Å². The largest absolute Gasteiger partial charge is 0.377 e. The van der Waals surface area contributed by atoms with Gasteiger partial charge in [-0.15, -0.1) is 11.8 Å². The number of hydrogen-bond donors (Lipinski definition) is 1. The lowest BCUT2D eigenvalue weighted by atomic mass is 10.1. The molecule has 1 aliphatic heterocycles. The van der Waals surface area contributed by atoms with Crippen molar-refractivity contribution in [1.29, 1.82) is 0 Å². The molecular formula is C13H17NO2S. The number of rotatable bonds is 4. The molecule has 0 saturated carbocycles. The van der Waals surface area contributed by atoms with Crippen molar-refractivity contribution in [2.45, 2.75) is 29.9 Å². The lowest BCUT2D eigenvalue weighted by molar-refractivity contribution is -0.117. The van der Waals surface area contributed by atoms with Crippen molar-refractivity contribution in [1.82, 2.24) is 0 Å². The molecule has 1 aromatic carbocycles. The zero-order valence-corrected chi connectivity index (χ0v) is 10.7. The number of primary amides is 1. The third-order valence-corrected chi connectivity index (χ3v) is 4.72. The van der Waals surface area contributed by atoms with E-state index >= 15 is 0 Å². The maximum atomic E-state index is 11.6. The number of nitrogens with two attached hydrogens (primary N) is 1. The number of carbonyl (C=O) groups excluding carboxylic acids is 1. The number of thioether (sulfide) groups is 1. The van der Waals surface area contributed by atoms with E-state index in [0.29, 0.717) is 5.25 Å². The Morgan fingerprint density at radius 2 is 2.18 bits per heavy atom. The van der Waals surface area contributed by atoms with Crippen molar-refractivity contribution in [3.8, 4) is 0 Å². The Morgan fingerprint density at radius 1 is 1.47 bits per heavy atom. The van der Waals surface area contributed by atoms with Crippen molar-refractivity contribution in [3.63, 3.8) is 0 Å². The summed E-state index contributed by atoms with van der Waals surface area (Å²) in [4.78, 5) is 11.6. The van der Waals surface area contributed by atoms with Crippen molar-refractivity contribution in [2.75, 3.05) is 6.61 Å². The molecule has 0 aromatic heterocycles. The predicted octanol–water partition coefficient (Wildman–Crippen LogP) is 2.12. The summed E-state index contributed by atoms with van der Waals surface area (Å²) in [5.74, 6) is -0.277. The van der Waals surface area contributed by atoms with Crippen LogP contribution in [0.4, 0.5) is 0 Å². The molecule has 2 N–H and O–H groups in total. The van der Waals surface area contributed by atoms with Gasteiger partial charge in [-0.3, -0.25) is 4.79 Å². The van der Waals surface area contributed by atoms with Crippen LogP contribution in [0.5, 0.6) is 0 Å². The second kappa shape index (κ2) is 5.56. The summed E-state index contributed by atoms with van der Waals surface area (Å²) in [6, 6.07) is 9.69. The summed E-state index contributed by atoms with van der Waals surface area (Å²) >= 11 is 1.62. The Morgan fingerprint density at radius 3 is 2.71 bits per heavy atom. The highest BCUT2D eigenvalue weighted by Crippen LogP contribution is 2.37. The molecule has 92 valence electrons. The molecule has 1 saturated heterocycles. The lowest BCUT2D eigenvalue weighted by Crippen LogP contribution is -2.23. The minimum absolute atomic E-state index is 0.200. The number of amides is 1. The van der Waals surface area contributed by atoms with Gasteiger partial charge in [0.25, 0.3) is 0 Å². The molecule has 0 spiro atoms. The summed E-state index contributed by atoms with van der Waals surface area (Å²) in [5, 5.41) is 0.0815. The normalized spacial score (nSPS) is 25.7. The maximum Gasteiger partial charge on any atom is 0.235 e. The van der Waals surface area contributed by atoms with Gasteiger partial charge in [0, 0.05) is 11.9 Å². The second-order valence-electron chi connectivity index (χ2n) is 4.23. The Hall–Kier alpha value is -1.00. The Labute approximate surface area is 106 Å². The van der Waals surface area contributed by atoms with Gasteiger partial charge in [0.05, 0.1) is 6.10 Å². The van der Waals surface area contributed by atoms with Crippen LogP contribution in [0, 0.1) is 0 Å². The topological polar surface area (TPSA) is 52.3 Å². The molecule has 1 amide bonds. The summed E-state index contributed by atoms with van der Waals surface area (Å²) in [5.41, 5.74) is 6.47. The molecule has 17 heavy (non-hydrogen) atoms. The Bertz CT molecular complexity index is 382. The highest BCUT2D eigenvalue weighted by Gasteiger charge is 2.30. The maximum absolute atomic E-state index is 11.6. The minimum atomic E-state index is -0.277. The van der Waals surface area contributed by atoms with Crippen LogP contribution in [0.3, 0.4) is 0 Å². The molecule has 4 heteroatoms. The molecule has 1 aromatic rings.